The average molecular weight is 978 g/mol. The van der Waals surface area contributed by atoms with Gasteiger partial charge in [-0.1, -0.05) is 177 Å². The van der Waals surface area contributed by atoms with Crippen LogP contribution in [0.4, 0.5) is 0 Å². The zero-order valence-corrected chi connectivity index (χ0v) is 42.3. The van der Waals surface area contributed by atoms with Gasteiger partial charge in [0.05, 0.1) is 32.0 Å². The summed E-state index contributed by atoms with van der Waals surface area (Å²) in [7, 11) is 0. The highest BCUT2D eigenvalue weighted by molar-refractivity contribution is 5.76. The van der Waals surface area contributed by atoms with E-state index in [4.69, 9.17) is 18.9 Å². The first-order valence-electron chi connectivity index (χ1n) is 26.7. The largest absolute Gasteiger partial charge is 0.394 e. The summed E-state index contributed by atoms with van der Waals surface area (Å²) < 4.78 is 22.7. The van der Waals surface area contributed by atoms with Crippen LogP contribution in [0, 0.1) is 0 Å². The van der Waals surface area contributed by atoms with E-state index in [0.29, 0.717) is 12.8 Å². The van der Waals surface area contributed by atoms with Crippen LogP contribution >= 0.6 is 0 Å². The molecule has 2 aliphatic rings. The Balaban J connectivity index is 1.76. The van der Waals surface area contributed by atoms with Gasteiger partial charge in [0.25, 0.3) is 0 Å². The molecule has 12 atom stereocenters. The summed E-state index contributed by atoms with van der Waals surface area (Å²) in [5, 5.41) is 86.8. The molecule has 69 heavy (non-hydrogen) atoms. The maximum atomic E-state index is 13.2. The van der Waals surface area contributed by atoms with E-state index in [1.165, 1.54) is 38.5 Å². The lowest BCUT2D eigenvalue weighted by molar-refractivity contribution is -0.359. The maximum Gasteiger partial charge on any atom is 0.220 e. The van der Waals surface area contributed by atoms with Gasteiger partial charge in [0.15, 0.2) is 12.6 Å². The van der Waals surface area contributed by atoms with Crippen molar-refractivity contribution in [3.05, 3.63) is 72.9 Å². The number of unbranched alkanes of at least 4 members (excludes halogenated alkanes) is 15. The van der Waals surface area contributed by atoms with E-state index in [-0.39, 0.29) is 18.9 Å². The Morgan fingerprint density at radius 2 is 1.00 bits per heavy atom. The molecule has 2 fully saturated rings. The van der Waals surface area contributed by atoms with Gasteiger partial charge in [0.1, 0.15) is 48.8 Å². The zero-order valence-electron chi connectivity index (χ0n) is 42.3. The Bertz CT molecular complexity index is 1430. The van der Waals surface area contributed by atoms with Crippen LogP contribution in [0.5, 0.6) is 0 Å². The van der Waals surface area contributed by atoms with Gasteiger partial charge >= 0.3 is 0 Å². The highest BCUT2D eigenvalue weighted by Gasteiger charge is 2.51. The summed E-state index contributed by atoms with van der Waals surface area (Å²) in [4.78, 5) is 13.2. The summed E-state index contributed by atoms with van der Waals surface area (Å²) in [5.74, 6) is -0.227. The molecule has 398 valence electrons. The second-order valence-corrected chi connectivity index (χ2v) is 18.6. The van der Waals surface area contributed by atoms with Crippen molar-refractivity contribution in [3.8, 4) is 0 Å². The molecule has 0 radical (unpaired) electrons. The highest BCUT2D eigenvalue weighted by Crippen LogP contribution is 2.30. The highest BCUT2D eigenvalue weighted by atomic mass is 16.7. The number of carbonyl (C=O) groups excluding carboxylic acids is 1. The van der Waals surface area contributed by atoms with E-state index in [2.05, 4.69) is 92.1 Å². The summed E-state index contributed by atoms with van der Waals surface area (Å²) in [6.45, 7) is 2.69. The average Bonchev–Trinajstić information content (AvgIpc) is 3.35. The van der Waals surface area contributed by atoms with Crippen LogP contribution in [0.15, 0.2) is 72.9 Å². The fourth-order valence-corrected chi connectivity index (χ4v) is 8.36. The van der Waals surface area contributed by atoms with E-state index in [9.17, 15) is 45.6 Å². The zero-order chi connectivity index (χ0) is 50.3. The monoisotopic (exact) mass is 978 g/mol. The lowest BCUT2D eigenvalue weighted by Crippen LogP contribution is -2.65. The van der Waals surface area contributed by atoms with Crippen LogP contribution in [-0.2, 0) is 23.7 Å². The smallest absolute Gasteiger partial charge is 0.220 e. The van der Waals surface area contributed by atoms with Crippen LogP contribution in [-0.4, -0.2) is 140 Å². The SMILES string of the molecule is CC/C=C\C/C=C\C/C=C\C/C=C\C/C=C\C/C=C\CCCCCCCCC(=O)NC(COC1OC(CO)C(OC2OC(CO)C(O)C(O)C2O)C(O)C1O)C(O)CCCCCCCCCCCC. The molecule has 0 aliphatic carbocycles. The van der Waals surface area contributed by atoms with E-state index in [1.807, 2.05) is 0 Å². The fraction of sp³-hybridized carbons (Fsp3) is 0.764. The molecule has 0 aromatic heterocycles. The van der Waals surface area contributed by atoms with E-state index in [1.54, 1.807) is 0 Å². The van der Waals surface area contributed by atoms with Crippen molar-refractivity contribution in [2.75, 3.05) is 19.8 Å². The number of allylic oxidation sites excluding steroid dienone is 12. The minimum absolute atomic E-state index is 0.227. The first-order valence-corrected chi connectivity index (χ1v) is 26.7. The Hall–Kier alpha value is -2.57. The number of amides is 1. The maximum absolute atomic E-state index is 13.2. The van der Waals surface area contributed by atoms with Crippen LogP contribution in [0.25, 0.3) is 0 Å². The topological polar surface area (TPSA) is 228 Å². The molecule has 2 rings (SSSR count). The summed E-state index contributed by atoms with van der Waals surface area (Å²) in [5.41, 5.74) is 0. The van der Waals surface area contributed by atoms with Gasteiger partial charge in [0.2, 0.25) is 5.91 Å². The number of hydrogen-bond acceptors (Lipinski definition) is 13. The molecule has 1 amide bonds. The molecule has 12 unspecified atom stereocenters. The third-order valence-corrected chi connectivity index (χ3v) is 12.7. The second-order valence-electron chi connectivity index (χ2n) is 18.6. The molecule has 0 bridgehead atoms. The Kier molecular flexibility index (Phi) is 37.1. The first-order chi connectivity index (χ1) is 33.6. The summed E-state index contributed by atoms with van der Waals surface area (Å²) in [6.07, 6.45) is 34.8. The van der Waals surface area contributed by atoms with Gasteiger partial charge in [-0.25, -0.2) is 0 Å². The summed E-state index contributed by atoms with van der Waals surface area (Å²) >= 11 is 0. The number of hydrogen-bond donors (Lipinski definition) is 9. The molecular formula is C55H95NO13. The normalized spacial score (nSPS) is 26.8. The van der Waals surface area contributed by atoms with Crippen molar-refractivity contribution in [3.63, 3.8) is 0 Å². The van der Waals surface area contributed by atoms with Gasteiger partial charge in [-0.3, -0.25) is 4.79 Å². The third-order valence-electron chi connectivity index (χ3n) is 12.7. The molecule has 0 saturated carbocycles. The fourth-order valence-electron chi connectivity index (χ4n) is 8.36. The number of rotatable bonds is 40. The number of aliphatic hydroxyl groups excluding tert-OH is 8. The predicted octanol–water partition coefficient (Wildman–Crippen LogP) is 7.60. The van der Waals surface area contributed by atoms with Crippen molar-refractivity contribution < 1.29 is 64.6 Å². The lowest BCUT2D eigenvalue weighted by Gasteiger charge is -2.46. The molecule has 0 aromatic rings. The lowest BCUT2D eigenvalue weighted by atomic mass is 9.97. The Morgan fingerprint density at radius 3 is 1.54 bits per heavy atom. The van der Waals surface area contributed by atoms with Crippen LogP contribution in [0.3, 0.4) is 0 Å². The standard InChI is InChI=1S/C55H95NO13/c1-3-5-7-9-11-13-15-16-17-18-19-20-21-22-23-24-25-26-27-28-29-31-33-35-37-39-47(60)56-43(44(59)38-36-34-32-30-14-12-10-8-6-4-2)42-66-54-52(65)50(63)53(46(41-58)68-54)69-55-51(64)49(62)48(61)45(40-57)67-55/h5,7,11,13,16-17,19-20,22-23,25-26,43-46,48-55,57-59,61-65H,3-4,6,8-10,12,14-15,18,21,24,27-42H2,1-2H3,(H,56,60)/b7-5-,13-11-,17-16-,20-19-,23-22-,26-25-. The number of ether oxygens (including phenoxy) is 4. The predicted molar refractivity (Wildman–Crippen MR) is 272 cm³/mol. The molecule has 9 N–H and O–H groups in total. The summed E-state index contributed by atoms with van der Waals surface area (Å²) in [6, 6.07) is -0.839. The minimum atomic E-state index is -1.79. The van der Waals surface area contributed by atoms with Crippen molar-refractivity contribution in [1.82, 2.24) is 5.32 Å². The number of nitrogens with one attached hydrogen (secondary N) is 1. The second kappa shape index (κ2) is 41.0. The van der Waals surface area contributed by atoms with Gasteiger partial charge in [-0.2, -0.15) is 0 Å². The number of carbonyl (C=O) groups is 1. The molecule has 0 spiro atoms. The molecular weight excluding hydrogens is 883 g/mol. The van der Waals surface area contributed by atoms with Crippen LogP contribution < -0.4 is 5.32 Å². The first kappa shape index (κ1) is 62.5. The van der Waals surface area contributed by atoms with Gasteiger partial charge in [0, 0.05) is 6.42 Å². The van der Waals surface area contributed by atoms with Crippen molar-refractivity contribution in [2.24, 2.45) is 0 Å². The van der Waals surface area contributed by atoms with Crippen molar-refractivity contribution in [2.45, 2.75) is 248 Å². The quantitative estimate of drug-likeness (QED) is 0.0213. The molecule has 2 heterocycles. The van der Waals surface area contributed by atoms with Crippen LogP contribution in [0.2, 0.25) is 0 Å². The van der Waals surface area contributed by atoms with Crippen molar-refractivity contribution >= 4 is 5.91 Å². The van der Waals surface area contributed by atoms with Crippen LogP contribution in [0.1, 0.15) is 174 Å². The van der Waals surface area contributed by atoms with E-state index >= 15 is 0 Å². The van der Waals surface area contributed by atoms with Gasteiger partial charge in [-0.05, 0) is 64.2 Å². The van der Waals surface area contributed by atoms with Crippen molar-refractivity contribution in [1.29, 1.82) is 0 Å². The molecule has 2 saturated heterocycles. The Morgan fingerprint density at radius 1 is 0.536 bits per heavy atom. The third kappa shape index (κ3) is 27.7. The minimum Gasteiger partial charge on any atom is -0.394 e. The van der Waals surface area contributed by atoms with Gasteiger partial charge < -0.3 is 65.1 Å². The van der Waals surface area contributed by atoms with E-state index < -0.39 is 86.8 Å². The number of aliphatic hydroxyl groups is 8. The Labute approximate surface area is 415 Å². The molecule has 14 heteroatoms. The van der Waals surface area contributed by atoms with Gasteiger partial charge in [-0.15, -0.1) is 0 Å². The molecule has 14 nitrogen and oxygen atoms in total. The molecule has 0 aromatic carbocycles. The van der Waals surface area contributed by atoms with E-state index in [0.717, 1.165) is 103 Å². The molecule has 2 aliphatic heterocycles.